The summed E-state index contributed by atoms with van der Waals surface area (Å²) in [6.45, 7) is 18.0. The fourth-order valence-electron chi connectivity index (χ4n) is 6.07. The lowest BCUT2D eigenvalue weighted by Gasteiger charge is -2.45. The number of aromatic nitrogens is 3. The Balaban J connectivity index is 0.000000598. The van der Waals surface area contributed by atoms with E-state index >= 15 is 0 Å². The first kappa shape index (κ1) is 33.0. The number of nitrogen functional groups attached to an aromatic ring is 1. The summed E-state index contributed by atoms with van der Waals surface area (Å²) in [5, 5.41) is 17.1. The maximum Gasteiger partial charge on any atom is 0.410 e. The molecular weight excluding hydrogens is 524 g/mol. The Morgan fingerprint density at radius 1 is 1.10 bits per heavy atom. The summed E-state index contributed by atoms with van der Waals surface area (Å²) in [4.78, 5) is 25.7. The van der Waals surface area contributed by atoms with Crippen molar-refractivity contribution >= 4 is 22.9 Å². The summed E-state index contributed by atoms with van der Waals surface area (Å²) in [5.41, 5.74) is 7.75. The van der Waals surface area contributed by atoms with Crippen LogP contribution in [-0.4, -0.2) is 89.9 Å². The molecule has 41 heavy (non-hydrogen) atoms. The van der Waals surface area contributed by atoms with Crippen molar-refractivity contribution in [2.24, 2.45) is 0 Å². The molecule has 3 aliphatic heterocycles. The van der Waals surface area contributed by atoms with Crippen LogP contribution in [-0.2, 0) is 9.47 Å². The Hall–Kier alpha value is -2.47. The first-order valence-electron chi connectivity index (χ1n) is 15.1. The Morgan fingerprint density at radius 3 is 2.34 bits per heavy atom. The van der Waals surface area contributed by atoms with Crippen LogP contribution in [0.15, 0.2) is 12.5 Å². The number of rotatable bonds is 3. The van der Waals surface area contributed by atoms with Gasteiger partial charge in [-0.3, -0.25) is 4.90 Å². The summed E-state index contributed by atoms with van der Waals surface area (Å²) in [6.07, 6.45) is 10.00. The number of aliphatic hydroxyl groups is 2. The molecule has 2 atom stereocenters. The highest BCUT2D eigenvalue weighted by Gasteiger charge is 2.45. The average Bonchev–Trinajstić information content (AvgIpc) is 3.58. The molecule has 0 bridgehead atoms. The smallest absolute Gasteiger partial charge is 0.410 e. The van der Waals surface area contributed by atoms with Gasteiger partial charge in [0.2, 0.25) is 0 Å². The van der Waals surface area contributed by atoms with Crippen LogP contribution >= 0.6 is 0 Å². The van der Waals surface area contributed by atoms with Crippen LogP contribution in [0, 0.1) is 6.92 Å². The summed E-state index contributed by atoms with van der Waals surface area (Å²) in [5.74, 6) is -0.979. The molecule has 232 valence electrons. The van der Waals surface area contributed by atoms with E-state index in [0.717, 1.165) is 68.5 Å². The Kier molecular flexibility index (Phi) is 10.7. The van der Waals surface area contributed by atoms with Crippen LogP contribution in [0.5, 0.6) is 0 Å². The second-order valence-corrected chi connectivity index (χ2v) is 12.7. The van der Waals surface area contributed by atoms with E-state index in [1.165, 1.54) is 33.0 Å². The predicted octanol–water partition coefficient (Wildman–Crippen LogP) is 4.60. The van der Waals surface area contributed by atoms with Gasteiger partial charge in [-0.25, -0.2) is 14.8 Å². The second kappa shape index (κ2) is 13.2. The molecule has 3 fully saturated rings. The number of anilines is 1. The molecule has 1 spiro atoms. The number of fused-ring (bicyclic) bond motifs is 1. The van der Waals surface area contributed by atoms with Gasteiger partial charge in [-0.05, 0) is 92.2 Å². The van der Waals surface area contributed by atoms with E-state index in [1.807, 2.05) is 46.4 Å². The van der Waals surface area contributed by atoms with Gasteiger partial charge in [0.05, 0.1) is 11.5 Å². The molecule has 0 aromatic carbocycles. The summed E-state index contributed by atoms with van der Waals surface area (Å²) in [6, 6.07) is 0. The van der Waals surface area contributed by atoms with Gasteiger partial charge in [-0.1, -0.05) is 13.8 Å². The number of hydrogen-bond acceptors (Lipinski definition) is 9. The van der Waals surface area contributed by atoms with Crippen molar-refractivity contribution in [2.45, 2.75) is 123 Å². The van der Waals surface area contributed by atoms with Crippen molar-refractivity contribution in [2.75, 3.05) is 31.9 Å². The van der Waals surface area contributed by atoms with Crippen LogP contribution in [0.25, 0.3) is 11.0 Å². The quantitative estimate of drug-likeness (QED) is 0.447. The highest BCUT2D eigenvalue weighted by molar-refractivity contribution is 5.89. The first-order valence-corrected chi connectivity index (χ1v) is 15.1. The molecule has 2 unspecified atom stereocenters. The fourth-order valence-corrected chi connectivity index (χ4v) is 6.07. The molecule has 0 saturated carbocycles. The minimum Gasteiger partial charge on any atom is -0.444 e. The molecule has 11 heteroatoms. The molecule has 11 nitrogen and oxygen atoms in total. The Labute approximate surface area is 245 Å². The van der Waals surface area contributed by atoms with Crippen LogP contribution < -0.4 is 5.73 Å². The third-order valence-electron chi connectivity index (χ3n) is 7.73. The van der Waals surface area contributed by atoms with Crippen molar-refractivity contribution in [3.05, 3.63) is 18.1 Å². The normalized spacial score (nSPS) is 22.7. The lowest BCUT2D eigenvalue weighted by molar-refractivity contribution is -0.127. The van der Waals surface area contributed by atoms with E-state index in [0.29, 0.717) is 5.82 Å². The van der Waals surface area contributed by atoms with Crippen molar-refractivity contribution in [3.8, 4) is 0 Å². The van der Waals surface area contributed by atoms with Gasteiger partial charge >= 0.3 is 6.09 Å². The number of aryl methyl sites for hydroxylation is 1. The van der Waals surface area contributed by atoms with Crippen molar-refractivity contribution < 1.29 is 24.5 Å². The molecule has 2 aromatic heterocycles. The van der Waals surface area contributed by atoms with Crippen LogP contribution in [0.1, 0.15) is 98.8 Å². The van der Waals surface area contributed by atoms with E-state index in [-0.39, 0.29) is 24.0 Å². The van der Waals surface area contributed by atoms with Crippen LogP contribution in [0.3, 0.4) is 0 Å². The third kappa shape index (κ3) is 8.53. The number of piperidine rings is 1. The molecule has 1 amide bonds. The second-order valence-electron chi connectivity index (χ2n) is 12.7. The maximum atomic E-state index is 12.5. The third-order valence-corrected chi connectivity index (χ3v) is 7.73. The number of nitrogens with two attached hydrogens (primary N) is 1. The van der Waals surface area contributed by atoms with Gasteiger partial charge in [-0.2, -0.15) is 0 Å². The lowest BCUT2D eigenvalue weighted by atomic mass is 9.85. The zero-order valence-electron chi connectivity index (χ0n) is 26.3. The van der Waals surface area contributed by atoms with Gasteiger partial charge in [0.15, 0.2) is 5.79 Å². The fraction of sp³-hybridized carbons (Fsp3) is 0.767. The van der Waals surface area contributed by atoms with E-state index in [1.54, 1.807) is 0 Å². The summed E-state index contributed by atoms with van der Waals surface area (Å²) < 4.78 is 14.3. The molecule has 2 aromatic rings. The van der Waals surface area contributed by atoms with Gasteiger partial charge < -0.3 is 34.9 Å². The molecule has 0 aliphatic carbocycles. The van der Waals surface area contributed by atoms with E-state index in [4.69, 9.17) is 25.4 Å². The van der Waals surface area contributed by atoms with Gasteiger partial charge in [0.25, 0.3) is 0 Å². The van der Waals surface area contributed by atoms with Gasteiger partial charge in [-0.15, -0.1) is 0 Å². The monoisotopic (exact) mass is 576 g/mol. The van der Waals surface area contributed by atoms with Gasteiger partial charge in [0.1, 0.15) is 29.6 Å². The molecule has 3 aliphatic rings. The molecule has 4 N–H and O–H groups in total. The summed E-state index contributed by atoms with van der Waals surface area (Å²) in [7, 11) is 0. The van der Waals surface area contributed by atoms with E-state index in [2.05, 4.69) is 25.6 Å². The molecule has 5 rings (SSSR count). The molecule has 5 heterocycles. The number of ether oxygens (including phenoxy) is 2. The zero-order valence-corrected chi connectivity index (χ0v) is 26.3. The minimum atomic E-state index is -1.50. The summed E-state index contributed by atoms with van der Waals surface area (Å²) >= 11 is 0. The number of hydrogen-bond donors (Lipinski definition) is 3. The molecule has 3 saturated heterocycles. The van der Waals surface area contributed by atoms with Crippen molar-refractivity contribution in [3.63, 3.8) is 0 Å². The van der Waals surface area contributed by atoms with Crippen molar-refractivity contribution in [1.29, 1.82) is 0 Å². The zero-order chi connectivity index (χ0) is 30.6. The lowest BCUT2D eigenvalue weighted by Crippen LogP contribution is -2.55. The predicted molar refractivity (Wildman–Crippen MR) is 160 cm³/mol. The molecule has 0 radical (unpaired) electrons. The first-order chi connectivity index (χ1) is 19.2. The number of carbonyl (C=O) groups excluding carboxylic acids is 1. The largest absolute Gasteiger partial charge is 0.444 e. The highest BCUT2D eigenvalue weighted by Crippen LogP contribution is 2.41. The van der Waals surface area contributed by atoms with E-state index in [9.17, 15) is 4.79 Å². The maximum absolute atomic E-state index is 12.5. The van der Waals surface area contributed by atoms with Gasteiger partial charge in [0, 0.05) is 31.4 Å². The SMILES string of the molecule is CC.CC(C)(O)O.Cc1cn(C2CCC(CN3CCCC34CCN(C(=O)OC(C)(C)C)CC4)O2)c2ncnc(N)c12. The standard InChI is InChI=1S/C25H38N6O3.C3H8O2.C2H6/c1-17-14-31(22-20(17)21(26)27-16-28-22)19-7-6-18(33-19)15-30-11-5-8-25(30)9-12-29(13-10-25)23(32)34-24(2,3)4;1-3(2,4)5;1-2/h14,16,18-19H,5-13,15H2,1-4H3,(H2,26,27,28);4-5H,1-2H3;1-2H3. The average molecular weight is 577 g/mol. The number of nitrogens with zero attached hydrogens (tertiary/aromatic N) is 5. The van der Waals surface area contributed by atoms with Crippen molar-refractivity contribution in [1.82, 2.24) is 24.3 Å². The van der Waals surface area contributed by atoms with E-state index < -0.39 is 11.4 Å². The number of amides is 1. The Bertz CT molecular complexity index is 1140. The highest BCUT2D eigenvalue weighted by atomic mass is 16.6. The molecular formula is C30H52N6O5. The number of likely N-dealkylation sites (tertiary alicyclic amines) is 2. The topological polar surface area (TPSA) is 139 Å². The van der Waals surface area contributed by atoms with Crippen LogP contribution in [0.4, 0.5) is 10.6 Å². The minimum absolute atomic E-state index is 0.0249. The Morgan fingerprint density at radius 2 is 1.73 bits per heavy atom. The number of carbonyl (C=O) groups is 1. The van der Waals surface area contributed by atoms with Crippen LogP contribution in [0.2, 0.25) is 0 Å².